The number of benzene rings is 1. The van der Waals surface area contributed by atoms with Crippen molar-refractivity contribution in [3.63, 3.8) is 0 Å². The van der Waals surface area contributed by atoms with E-state index in [2.05, 4.69) is 17.0 Å². The Kier molecular flexibility index (Phi) is 5.82. The first kappa shape index (κ1) is 16.3. The van der Waals surface area contributed by atoms with Crippen LogP contribution in [0.5, 0.6) is 0 Å². The summed E-state index contributed by atoms with van der Waals surface area (Å²) in [6.45, 7) is 0.315. The predicted octanol–water partition coefficient (Wildman–Crippen LogP) is 1.99. The van der Waals surface area contributed by atoms with E-state index in [4.69, 9.17) is 5.73 Å². The topological polar surface area (TPSA) is 55.6 Å². The van der Waals surface area contributed by atoms with Gasteiger partial charge in [-0.05, 0) is 18.6 Å². The zero-order chi connectivity index (χ0) is 15.3. The van der Waals surface area contributed by atoms with Gasteiger partial charge < -0.3 is 15.4 Å². The summed E-state index contributed by atoms with van der Waals surface area (Å²) in [5, 5.41) is 0. The van der Waals surface area contributed by atoms with Crippen molar-refractivity contribution < 1.29 is 18.3 Å². The maximum Gasteiger partial charge on any atom is 0.305 e. The zero-order valence-electron chi connectivity index (χ0n) is 11.3. The summed E-state index contributed by atoms with van der Waals surface area (Å²) in [6, 6.07) is 2.19. The summed E-state index contributed by atoms with van der Waals surface area (Å²) in [7, 11) is 2.83. The average Bonchev–Trinajstić information content (AvgIpc) is 2.37. The van der Waals surface area contributed by atoms with Gasteiger partial charge in [-0.2, -0.15) is 0 Å². The molecule has 20 heavy (non-hydrogen) atoms. The van der Waals surface area contributed by atoms with Gasteiger partial charge in [-0.3, -0.25) is 4.79 Å². The number of ether oxygens (including phenoxy) is 1. The summed E-state index contributed by atoms with van der Waals surface area (Å²) in [5.74, 6) is -1.84. The number of anilines is 1. The molecule has 0 bridgehead atoms. The molecule has 0 unspecified atom stereocenters. The van der Waals surface area contributed by atoms with E-state index in [9.17, 15) is 13.6 Å². The summed E-state index contributed by atoms with van der Waals surface area (Å²) in [4.78, 5) is 12.3. The molecular weight excluding hydrogens is 286 g/mol. The van der Waals surface area contributed by atoms with Gasteiger partial charge in [0.25, 0.3) is 0 Å². The fourth-order valence-corrected chi connectivity index (χ4v) is 1.86. The third kappa shape index (κ3) is 4.12. The van der Waals surface area contributed by atoms with Crippen molar-refractivity contribution in [3.8, 4) is 0 Å². The van der Waals surface area contributed by atoms with Crippen molar-refractivity contribution in [2.24, 2.45) is 5.73 Å². The van der Waals surface area contributed by atoms with Gasteiger partial charge in [-0.25, -0.2) is 8.78 Å². The fourth-order valence-electron chi connectivity index (χ4n) is 1.75. The molecule has 1 rings (SSSR count). The third-order valence-corrected chi connectivity index (χ3v) is 3.02. The second-order valence-corrected chi connectivity index (χ2v) is 4.69. The van der Waals surface area contributed by atoms with Crippen molar-refractivity contribution >= 4 is 28.9 Å². The van der Waals surface area contributed by atoms with Crippen molar-refractivity contribution in [1.29, 1.82) is 0 Å². The molecule has 4 nitrogen and oxygen atoms in total. The van der Waals surface area contributed by atoms with Gasteiger partial charge in [0, 0.05) is 25.6 Å². The van der Waals surface area contributed by atoms with Crippen molar-refractivity contribution in [1.82, 2.24) is 0 Å². The molecule has 0 aliphatic carbocycles. The van der Waals surface area contributed by atoms with Gasteiger partial charge in [0.15, 0.2) is 0 Å². The van der Waals surface area contributed by atoms with Crippen LogP contribution in [0.1, 0.15) is 18.4 Å². The number of hydrogen-bond donors (Lipinski definition) is 1. The minimum atomic E-state index is -0.742. The lowest BCUT2D eigenvalue weighted by Crippen LogP contribution is -2.22. The molecule has 0 radical (unpaired) electrons. The number of halogens is 2. The third-order valence-electron chi connectivity index (χ3n) is 2.79. The van der Waals surface area contributed by atoms with Crippen molar-refractivity contribution in [2.45, 2.75) is 12.8 Å². The maximum absolute atomic E-state index is 13.9. The highest BCUT2D eigenvalue weighted by Gasteiger charge is 2.16. The zero-order valence-corrected chi connectivity index (χ0v) is 12.1. The summed E-state index contributed by atoms with van der Waals surface area (Å²) >= 11 is 4.68. The predicted molar refractivity (Wildman–Crippen MR) is 76.8 cm³/mol. The van der Waals surface area contributed by atoms with Crippen LogP contribution in [0.2, 0.25) is 0 Å². The summed E-state index contributed by atoms with van der Waals surface area (Å²) < 4.78 is 32.3. The molecular formula is C13H16F2N2O2S. The molecule has 1 aromatic rings. The van der Waals surface area contributed by atoms with Crippen molar-refractivity contribution in [2.75, 3.05) is 25.6 Å². The van der Waals surface area contributed by atoms with Crippen LogP contribution < -0.4 is 10.6 Å². The second-order valence-electron chi connectivity index (χ2n) is 4.25. The molecule has 0 aliphatic heterocycles. The van der Waals surface area contributed by atoms with Gasteiger partial charge in [0.1, 0.15) is 22.3 Å². The first-order valence-corrected chi connectivity index (χ1v) is 6.34. The Morgan fingerprint density at radius 3 is 2.40 bits per heavy atom. The second kappa shape index (κ2) is 7.14. The van der Waals surface area contributed by atoms with Crippen LogP contribution in [0.25, 0.3) is 0 Å². The Balaban J connectivity index is 2.80. The Morgan fingerprint density at radius 2 is 1.95 bits per heavy atom. The molecule has 0 aromatic heterocycles. The molecule has 0 saturated heterocycles. The van der Waals surface area contributed by atoms with Crippen LogP contribution in [0, 0.1) is 11.6 Å². The first-order valence-electron chi connectivity index (χ1n) is 5.93. The number of nitrogens with zero attached hydrogens (tertiary/aromatic N) is 1. The number of carbonyl (C=O) groups excluding carboxylic acids is 1. The highest BCUT2D eigenvalue weighted by Crippen LogP contribution is 2.24. The minimum Gasteiger partial charge on any atom is -0.469 e. The largest absolute Gasteiger partial charge is 0.469 e. The molecule has 0 fully saturated rings. The van der Waals surface area contributed by atoms with E-state index in [1.165, 1.54) is 12.0 Å². The quantitative estimate of drug-likeness (QED) is 0.643. The fraction of sp³-hybridized carbons (Fsp3) is 0.385. The molecule has 0 spiro atoms. The number of esters is 1. The van der Waals surface area contributed by atoms with Crippen molar-refractivity contribution in [3.05, 3.63) is 29.3 Å². The lowest BCUT2D eigenvalue weighted by Gasteiger charge is -2.20. The first-order chi connectivity index (χ1) is 9.36. The number of carbonyl (C=O) groups is 1. The highest BCUT2D eigenvalue weighted by molar-refractivity contribution is 7.80. The van der Waals surface area contributed by atoms with Crippen LogP contribution in [0.3, 0.4) is 0 Å². The normalized spacial score (nSPS) is 10.2. The molecule has 1 aromatic carbocycles. The standard InChI is InChI=1S/C13H16F2N2O2S/c1-17(5-3-4-11(18)19-2)12-9(14)6-8(13(16)20)7-10(12)15/h6-7H,3-5H2,1-2H3,(H2,16,20). The number of methoxy groups -OCH3 is 1. The van der Waals surface area contributed by atoms with E-state index in [-0.39, 0.29) is 28.6 Å². The molecule has 2 N–H and O–H groups in total. The lowest BCUT2D eigenvalue weighted by molar-refractivity contribution is -0.140. The summed E-state index contributed by atoms with van der Waals surface area (Å²) in [6.07, 6.45) is 0.619. The van der Waals surface area contributed by atoms with E-state index < -0.39 is 11.6 Å². The van der Waals surface area contributed by atoms with E-state index in [1.54, 1.807) is 7.05 Å². The highest BCUT2D eigenvalue weighted by atomic mass is 32.1. The van der Waals surface area contributed by atoms with Crippen LogP contribution in [-0.2, 0) is 9.53 Å². The molecule has 0 amide bonds. The van der Waals surface area contributed by atoms with Gasteiger partial charge in [-0.1, -0.05) is 12.2 Å². The molecule has 7 heteroatoms. The Morgan fingerprint density at radius 1 is 1.40 bits per heavy atom. The summed E-state index contributed by atoms with van der Waals surface area (Å²) in [5.41, 5.74) is 5.31. The van der Waals surface area contributed by atoms with Gasteiger partial charge in [0.05, 0.1) is 7.11 Å². The smallest absolute Gasteiger partial charge is 0.305 e. The minimum absolute atomic E-state index is 0.0669. The lowest BCUT2D eigenvalue weighted by atomic mass is 10.1. The Hall–Kier alpha value is -1.76. The van der Waals surface area contributed by atoms with E-state index >= 15 is 0 Å². The average molecular weight is 302 g/mol. The van der Waals surface area contributed by atoms with E-state index in [0.717, 1.165) is 12.1 Å². The molecule has 0 saturated carbocycles. The van der Waals surface area contributed by atoms with Gasteiger partial charge in [0.2, 0.25) is 0 Å². The number of nitrogens with two attached hydrogens (primary N) is 1. The molecule has 0 heterocycles. The monoisotopic (exact) mass is 302 g/mol. The SMILES string of the molecule is COC(=O)CCCN(C)c1c(F)cc(C(N)=S)cc1F. The Labute approximate surface area is 121 Å². The van der Waals surface area contributed by atoms with Gasteiger partial charge in [-0.15, -0.1) is 0 Å². The maximum atomic E-state index is 13.9. The molecule has 110 valence electrons. The number of thiocarbonyl (C=S) groups is 1. The van der Waals surface area contributed by atoms with Crippen LogP contribution in [0.15, 0.2) is 12.1 Å². The van der Waals surface area contributed by atoms with Gasteiger partial charge >= 0.3 is 5.97 Å². The molecule has 0 aliphatic rings. The van der Waals surface area contributed by atoms with E-state index in [1.807, 2.05) is 0 Å². The number of rotatable bonds is 6. The Bertz CT molecular complexity index is 500. The van der Waals surface area contributed by atoms with Crippen LogP contribution in [0.4, 0.5) is 14.5 Å². The number of hydrogen-bond acceptors (Lipinski definition) is 4. The van der Waals surface area contributed by atoms with Crippen LogP contribution in [-0.4, -0.2) is 31.7 Å². The van der Waals surface area contributed by atoms with Crippen LogP contribution >= 0.6 is 12.2 Å². The van der Waals surface area contributed by atoms with E-state index in [0.29, 0.717) is 13.0 Å². The molecule has 0 atom stereocenters.